The van der Waals surface area contributed by atoms with Crippen molar-refractivity contribution >= 4 is 21.4 Å². The van der Waals surface area contributed by atoms with E-state index in [-0.39, 0.29) is 29.0 Å². The monoisotopic (exact) mass is 359 g/mol. The van der Waals surface area contributed by atoms with E-state index in [0.29, 0.717) is 13.0 Å². The zero-order chi connectivity index (χ0) is 18.0. The fourth-order valence-corrected chi connectivity index (χ4v) is 5.21. The number of para-hydroxylation sites is 1. The lowest BCUT2D eigenvalue weighted by Gasteiger charge is -2.30. The van der Waals surface area contributed by atoms with Crippen LogP contribution in [0.3, 0.4) is 0 Å². The minimum Gasteiger partial charge on any atom is -0.375 e. The predicted molar refractivity (Wildman–Crippen MR) is 95.6 cm³/mol. The molecule has 1 fully saturated rings. The summed E-state index contributed by atoms with van der Waals surface area (Å²) in [4.78, 5) is 16.2. The van der Waals surface area contributed by atoms with E-state index in [1.54, 1.807) is 16.8 Å². The Morgan fingerprint density at radius 2 is 2.16 bits per heavy atom. The van der Waals surface area contributed by atoms with Gasteiger partial charge >= 0.3 is 0 Å². The Kier molecular flexibility index (Phi) is 4.82. The highest BCUT2D eigenvalue weighted by Crippen LogP contribution is 2.28. The Morgan fingerprint density at radius 3 is 2.84 bits per heavy atom. The van der Waals surface area contributed by atoms with Gasteiger partial charge in [0, 0.05) is 31.5 Å². The van der Waals surface area contributed by atoms with E-state index in [0.717, 1.165) is 24.1 Å². The summed E-state index contributed by atoms with van der Waals surface area (Å²) in [6.45, 7) is 0.580. The van der Waals surface area contributed by atoms with E-state index in [1.807, 2.05) is 30.3 Å². The van der Waals surface area contributed by atoms with Gasteiger partial charge in [0.25, 0.3) is 5.91 Å². The van der Waals surface area contributed by atoms with Crippen molar-refractivity contribution in [3.05, 3.63) is 41.6 Å². The zero-order valence-electron chi connectivity index (χ0n) is 14.2. The number of anilines is 1. The lowest BCUT2D eigenvalue weighted by Crippen LogP contribution is -2.37. The molecule has 6 nitrogen and oxygen atoms in total. The summed E-state index contributed by atoms with van der Waals surface area (Å²) in [6.07, 6.45) is 3.80. The third-order valence-corrected chi connectivity index (χ3v) is 6.57. The molecule has 2 heterocycles. The van der Waals surface area contributed by atoms with Crippen molar-refractivity contribution < 1.29 is 13.2 Å². The number of hydrogen-bond donors (Lipinski definition) is 0. The summed E-state index contributed by atoms with van der Waals surface area (Å²) in [5.41, 5.74) is 1.99. The number of carbonyl (C=O) groups is 1. The molecule has 1 atom stereocenters. The van der Waals surface area contributed by atoms with Gasteiger partial charge in [-0.2, -0.15) is 5.26 Å². The van der Waals surface area contributed by atoms with E-state index in [1.165, 1.54) is 6.20 Å². The van der Waals surface area contributed by atoms with Gasteiger partial charge in [-0.05, 0) is 30.9 Å². The minimum atomic E-state index is -3.01. The number of benzene rings is 1. The average Bonchev–Trinajstić information content (AvgIpc) is 2.98. The number of nitrogens with zero attached hydrogens (tertiary/aromatic N) is 3. The first kappa shape index (κ1) is 17.5. The van der Waals surface area contributed by atoms with Crippen molar-refractivity contribution in [3.63, 3.8) is 0 Å². The molecule has 3 rings (SSSR count). The second-order valence-corrected chi connectivity index (χ2v) is 8.79. The van der Waals surface area contributed by atoms with E-state index >= 15 is 0 Å². The normalized spacial score (nSPS) is 22.2. The maximum absolute atomic E-state index is 12.9. The van der Waals surface area contributed by atoms with Crippen LogP contribution in [-0.2, 0) is 21.1 Å². The Morgan fingerprint density at radius 1 is 1.40 bits per heavy atom. The molecular weight excluding hydrogens is 338 g/mol. The van der Waals surface area contributed by atoms with Crippen molar-refractivity contribution in [1.82, 2.24) is 4.90 Å². The van der Waals surface area contributed by atoms with E-state index < -0.39 is 9.84 Å². The Bertz CT molecular complexity index is 855. The lowest BCUT2D eigenvalue weighted by molar-refractivity contribution is -0.114. The highest BCUT2D eigenvalue weighted by molar-refractivity contribution is 7.91. The molecule has 7 heteroatoms. The molecule has 0 aromatic heterocycles. The minimum absolute atomic E-state index is 0.0310. The summed E-state index contributed by atoms with van der Waals surface area (Å²) in [5, 5.41) is 9.46. The number of sulfone groups is 1. The van der Waals surface area contributed by atoms with Crippen LogP contribution >= 0.6 is 0 Å². The van der Waals surface area contributed by atoms with Crippen molar-refractivity contribution in [3.8, 4) is 6.07 Å². The van der Waals surface area contributed by atoms with Crippen LogP contribution in [0.25, 0.3) is 0 Å². The second kappa shape index (κ2) is 6.89. The number of hydrogen-bond acceptors (Lipinski definition) is 5. The topological polar surface area (TPSA) is 81.5 Å². The maximum Gasteiger partial charge on any atom is 0.270 e. The Hall–Kier alpha value is -2.33. The van der Waals surface area contributed by atoms with E-state index in [4.69, 9.17) is 0 Å². The summed E-state index contributed by atoms with van der Waals surface area (Å²) >= 11 is 0. The SMILES string of the molecule is CN(/C=C(/C#N)C(=O)N1CCCc2ccccc21)C1CCS(=O)(=O)C1. The number of nitriles is 1. The van der Waals surface area contributed by atoms with Crippen LogP contribution in [0.15, 0.2) is 36.0 Å². The molecule has 0 spiro atoms. The number of rotatable bonds is 3. The fourth-order valence-electron chi connectivity index (χ4n) is 3.43. The fraction of sp³-hybridized carbons (Fsp3) is 0.444. The zero-order valence-corrected chi connectivity index (χ0v) is 15.0. The van der Waals surface area contributed by atoms with E-state index in [9.17, 15) is 18.5 Å². The summed E-state index contributed by atoms with van der Waals surface area (Å²) in [5.74, 6) is -0.104. The number of amides is 1. The largest absolute Gasteiger partial charge is 0.375 e. The lowest BCUT2D eigenvalue weighted by atomic mass is 10.0. The number of fused-ring (bicyclic) bond motifs is 1. The highest BCUT2D eigenvalue weighted by Gasteiger charge is 2.31. The molecule has 1 amide bonds. The van der Waals surface area contributed by atoms with Crippen molar-refractivity contribution in [2.24, 2.45) is 0 Å². The third kappa shape index (κ3) is 3.69. The van der Waals surface area contributed by atoms with Gasteiger partial charge in [0.2, 0.25) is 0 Å². The molecule has 0 radical (unpaired) electrons. The van der Waals surface area contributed by atoms with Crippen LogP contribution in [0.2, 0.25) is 0 Å². The maximum atomic E-state index is 12.9. The van der Waals surface area contributed by atoms with E-state index in [2.05, 4.69) is 0 Å². The van der Waals surface area contributed by atoms with Crippen molar-refractivity contribution in [1.29, 1.82) is 5.26 Å². The molecule has 1 aromatic carbocycles. The standard InChI is InChI=1S/C18H21N3O3S/c1-20(16-8-10-25(23,24)13-16)12-15(11-19)18(22)21-9-4-6-14-5-2-3-7-17(14)21/h2-3,5,7,12,16H,4,6,8-10,13H2,1H3/b15-12-. The molecule has 2 aliphatic rings. The molecule has 1 saturated heterocycles. The van der Waals surface area contributed by atoms with Crippen LogP contribution in [0.5, 0.6) is 0 Å². The predicted octanol–water partition coefficient (Wildman–Crippen LogP) is 1.49. The van der Waals surface area contributed by atoms with Crippen LogP contribution < -0.4 is 4.90 Å². The molecule has 25 heavy (non-hydrogen) atoms. The summed E-state index contributed by atoms with van der Waals surface area (Å²) < 4.78 is 23.3. The first-order valence-corrected chi connectivity index (χ1v) is 10.2. The molecule has 0 aliphatic carbocycles. The molecule has 0 saturated carbocycles. The van der Waals surface area contributed by atoms with Gasteiger partial charge in [0.1, 0.15) is 11.6 Å². The Balaban J connectivity index is 1.82. The molecule has 1 unspecified atom stereocenters. The van der Waals surface area contributed by atoms with Gasteiger partial charge in [0.05, 0.1) is 11.5 Å². The van der Waals surface area contributed by atoms with Gasteiger partial charge in [-0.3, -0.25) is 4.79 Å². The highest BCUT2D eigenvalue weighted by atomic mass is 32.2. The molecule has 2 aliphatic heterocycles. The van der Waals surface area contributed by atoms with Crippen LogP contribution in [0, 0.1) is 11.3 Å². The van der Waals surface area contributed by atoms with Crippen molar-refractivity contribution in [2.45, 2.75) is 25.3 Å². The van der Waals surface area contributed by atoms with Gasteiger partial charge in [0.15, 0.2) is 9.84 Å². The number of carbonyl (C=O) groups excluding carboxylic acids is 1. The molecule has 0 bridgehead atoms. The van der Waals surface area contributed by atoms with Crippen LogP contribution in [0.1, 0.15) is 18.4 Å². The Labute approximate surface area is 148 Å². The smallest absolute Gasteiger partial charge is 0.270 e. The van der Waals surface area contributed by atoms with Gasteiger partial charge in [-0.1, -0.05) is 18.2 Å². The van der Waals surface area contributed by atoms with Gasteiger partial charge < -0.3 is 9.80 Å². The molecule has 132 valence electrons. The van der Waals surface area contributed by atoms with Gasteiger partial charge in [-0.25, -0.2) is 8.42 Å². The van der Waals surface area contributed by atoms with Gasteiger partial charge in [-0.15, -0.1) is 0 Å². The first-order valence-electron chi connectivity index (χ1n) is 8.35. The van der Waals surface area contributed by atoms with Crippen LogP contribution in [0.4, 0.5) is 5.69 Å². The van der Waals surface area contributed by atoms with Crippen molar-refractivity contribution in [2.75, 3.05) is 30.0 Å². The first-order chi connectivity index (χ1) is 11.9. The second-order valence-electron chi connectivity index (χ2n) is 6.57. The average molecular weight is 359 g/mol. The van der Waals surface area contributed by atoms with Crippen LogP contribution in [-0.4, -0.2) is 50.4 Å². The molecule has 0 N–H and O–H groups in total. The summed E-state index contributed by atoms with van der Waals surface area (Å²) in [7, 11) is -1.29. The molecule has 1 aromatic rings. The third-order valence-electron chi connectivity index (χ3n) is 4.82. The molecular formula is C18H21N3O3S. The summed E-state index contributed by atoms with van der Waals surface area (Å²) in [6, 6.07) is 9.53. The number of aryl methyl sites for hydroxylation is 1. The quantitative estimate of drug-likeness (QED) is 0.603.